The molecular weight excluding hydrogens is 382 g/mol. The van der Waals surface area contributed by atoms with Crippen molar-refractivity contribution < 1.29 is 18.7 Å². The van der Waals surface area contributed by atoms with Crippen molar-refractivity contribution >= 4 is 11.6 Å². The molecule has 0 aliphatic carbocycles. The van der Waals surface area contributed by atoms with Gasteiger partial charge in [0.2, 0.25) is 0 Å². The predicted molar refractivity (Wildman–Crippen MR) is 109 cm³/mol. The lowest BCUT2D eigenvalue weighted by Gasteiger charge is -2.20. The number of hydrogen-bond donors (Lipinski definition) is 0. The molecule has 7 nitrogen and oxygen atoms in total. The number of hydrazone groups is 1. The molecule has 1 atom stereocenters. The highest BCUT2D eigenvalue weighted by atomic mass is 16.5. The third kappa shape index (κ3) is 3.89. The summed E-state index contributed by atoms with van der Waals surface area (Å²) in [5.41, 5.74) is 2.04. The number of furan rings is 1. The lowest BCUT2D eigenvalue weighted by Crippen LogP contribution is -2.31. The van der Waals surface area contributed by atoms with Gasteiger partial charge in [0.1, 0.15) is 29.4 Å². The standard InChI is InChI=1S/C23H19N3O4/c1-28-18-10-8-16(9-11-18)19-13-20(22-7-4-12-29-22)26(25-19)23(27)15-30-21-6-3-2-5-17(21)14-24/h2-12,20H,13,15H2,1H3/t20-/m1/s1. The van der Waals surface area contributed by atoms with E-state index < -0.39 is 0 Å². The van der Waals surface area contributed by atoms with Crippen LogP contribution in [0.15, 0.2) is 76.4 Å². The first-order chi connectivity index (χ1) is 14.7. The van der Waals surface area contributed by atoms with Crippen LogP contribution in [0.4, 0.5) is 0 Å². The molecule has 0 fully saturated rings. The summed E-state index contributed by atoms with van der Waals surface area (Å²) >= 11 is 0. The number of rotatable bonds is 6. The van der Waals surface area contributed by atoms with Crippen LogP contribution >= 0.6 is 0 Å². The quantitative estimate of drug-likeness (QED) is 0.625. The van der Waals surface area contributed by atoms with Gasteiger partial charge >= 0.3 is 0 Å². The van der Waals surface area contributed by atoms with Crippen LogP contribution in [0.2, 0.25) is 0 Å². The smallest absolute Gasteiger partial charge is 0.281 e. The first kappa shape index (κ1) is 19.3. The van der Waals surface area contributed by atoms with Gasteiger partial charge in [-0.25, -0.2) is 5.01 Å². The Bertz CT molecular complexity index is 1100. The molecule has 0 radical (unpaired) electrons. The average Bonchev–Trinajstić information content (AvgIpc) is 3.47. The van der Waals surface area contributed by atoms with Crippen LogP contribution in [0.3, 0.4) is 0 Å². The van der Waals surface area contributed by atoms with Crippen molar-refractivity contribution in [1.82, 2.24) is 5.01 Å². The number of nitriles is 1. The Morgan fingerprint density at radius 1 is 1.20 bits per heavy atom. The van der Waals surface area contributed by atoms with E-state index in [4.69, 9.17) is 13.9 Å². The van der Waals surface area contributed by atoms with Crippen LogP contribution in [0.1, 0.15) is 29.3 Å². The molecule has 30 heavy (non-hydrogen) atoms. The number of carbonyl (C=O) groups excluding carboxylic acids is 1. The zero-order valence-electron chi connectivity index (χ0n) is 16.3. The Morgan fingerprint density at radius 3 is 2.70 bits per heavy atom. The van der Waals surface area contributed by atoms with Crippen molar-refractivity contribution in [2.45, 2.75) is 12.5 Å². The summed E-state index contributed by atoms with van der Waals surface area (Å²) in [5.74, 6) is 1.43. The van der Waals surface area contributed by atoms with Crippen molar-refractivity contribution in [3.05, 3.63) is 83.8 Å². The zero-order valence-corrected chi connectivity index (χ0v) is 16.3. The van der Waals surface area contributed by atoms with E-state index in [1.807, 2.05) is 30.3 Å². The lowest BCUT2D eigenvalue weighted by atomic mass is 10.0. The maximum atomic E-state index is 13.0. The lowest BCUT2D eigenvalue weighted by molar-refractivity contribution is -0.135. The number of amides is 1. The van der Waals surface area contributed by atoms with Crippen molar-refractivity contribution in [1.29, 1.82) is 5.26 Å². The summed E-state index contributed by atoms with van der Waals surface area (Å²) < 4.78 is 16.4. The van der Waals surface area contributed by atoms with Gasteiger partial charge in [-0.3, -0.25) is 4.79 Å². The molecule has 0 saturated heterocycles. The van der Waals surface area contributed by atoms with Crippen molar-refractivity contribution in [3.63, 3.8) is 0 Å². The van der Waals surface area contributed by atoms with E-state index in [-0.39, 0.29) is 18.6 Å². The van der Waals surface area contributed by atoms with E-state index in [1.54, 1.807) is 43.7 Å². The minimum atomic E-state index is -0.362. The average molecular weight is 401 g/mol. The highest BCUT2D eigenvalue weighted by Gasteiger charge is 2.35. The molecule has 150 valence electrons. The van der Waals surface area contributed by atoms with Gasteiger partial charge in [-0.2, -0.15) is 10.4 Å². The maximum Gasteiger partial charge on any atom is 0.281 e. The van der Waals surface area contributed by atoms with E-state index in [0.717, 1.165) is 17.0 Å². The minimum absolute atomic E-state index is 0.241. The van der Waals surface area contributed by atoms with Crippen LogP contribution in [0.5, 0.6) is 11.5 Å². The molecule has 0 unspecified atom stereocenters. The Morgan fingerprint density at radius 2 is 2.00 bits per heavy atom. The molecule has 1 aliphatic heterocycles. The van der Waals surface area contributed by atoms with Gasteiger partial charge in [0.15, 0.2) is 6.61 Å². The normalized spacial score (nSPS) is 15.4. The first-order valence-electron chi connectivity index (χ1n) is 9.39. The number of para-hydroxylation sites is 1. The minimum Gasteiger partial charge on any atom is -0.497 e. The highest BCUT2D eigenvalue weighted by molar-refractivity contribution is 6.03. The molecule has 0 N–H and O–H groups in total. The Hall–Kier alpha value is -4.05. The molecule has 1 aromatic heterocycles. The predicted octanol–water partition coefficient (Wildman–Crippen LogP) is 3.92. The summed E-state index contributed by atoms with van der Waals surface area (Å²) in [5, 5.41) is 15.1. The van der Waals surface area contributed by atoms with Crippen LogP contribution in [0, 0.1) is 11.3 Å². The molecule has 3 aromatic rings. The van der Waals surface area contributed by atoms with Gasteiger partial charge in [-0.15, -0.1) is 0 Å². The van der Waals surface area contributed by atoms with Crippen LogP contribution in [0.25, 0.3) is 0 Å². The second kappa shape index (κ2) is 8.53. The summed E-state index contributed by atoms with van der Waals surface area (Å²) in [6.45, 7) is -0.241. The first-order valence-corrected chi connectivity index (χ1v) is 9.39. The number of benzene rings is 2. The number of carbonyl (C=O) groups is 1. The van der Waals surface area contributed by atoms with Crippen molar-refractivity contribution in [3.8, 4) is 17.6 Å². The van der Waals surface area contributed by atoms with Crippen molar-refractivity contribution in [2.75, 3.05) is 13.7 Å². The van der Waals surface area contributed by atoms with E-state index in [9.17, 15) is 10.1 Å². The molecule has 1 aliphatic rings. The molecule has 0 saturated carbocycles. The molecule has 0 spiro atoms. The van der Waals surface area contributed by atoms with Gasteiger partial charge in [-0.1, -0.05) is 12.1 Å². The maximum absolute atomic E-state index is 13.0. The number of methoxy groups -OCH3 is 1. The summed E-state index contributed by atoms with van der Waals surface area (Å²) in [7, 11) is 1.61. The van der Waals surface area contributed by atoms with Crippen LogP contribution in [-0.4, -0.2) is 30.3 Å². The third-order valence-corrected chi connectivity index (χ3v) is 4.82. The number of hydrogen-bond acceptors (Lipinski definition) is 6. The van der Waals surface area contributed by atoms with Gasteiger partial charge in [0, 0.05) is 6.42 Å². The second-order valence-corrected chi connectivity index (χ2v) is 6.65. The number of ether oxygens (including phenoxy) is 2. The molecule has 2 aromatic carbocycles. The zero-order chi connectivity index (χ0) is 20.9. The Balaban J connectivity index is 1.56. The van der Waals surface area contributed by atoms with Gasteiger partial charge in [-0.05, 0) is 54.1 Å². The van der Waals surface area contributed by atoms with E-state index in [0.29, 0.717) is 23.5 Å². The van der Waals surface area contributed by atoms with Gasteiger partial charge < -0.3 is 13.9 Å². The van der Waals surface area contributed by atoms with Crippen LogP contribution < -0.4 is 9.47 Å². The molecule has 7 heteroatoms. The summed E-state index contributed by atoms with van der Waals surface area (Å²) in [6.07, 6.45) is 2.09. The Kier molecular flexibility index (Phi) is 5.48. The summed E-state index contributed by atoms with van der Waals surface area (Å²) in [4.78, 5) is 13.0. The van der Waals surface area contributed by atoms with Gasteiger partial charge in [0.05, 0.1) is 24.6 Å². The van der Waals surface area contributed by atoms with Crippen molar-refractivity contribution in [2.24, 2.45) is 5.10 Å². The number of nitrogens with zero attached hydrogens (tertiary/aromatic N) is 3. The fourth-order valence-electron chi connectivity index (χ4n) is 3.29. The molecule has 0 bridgehead atoms. The van der Waals surface area contributed by atoms with E-state index in [2.05, 4.69) is 11.2 Å². The SMILES string of the molecule is COc1ccc(C2=NN(C(=O)COc3ccccc3C#N)[C@@H](c3ccco3)C2)cc1. The van der Waals surface area contributed by atoms with E-state index >= 15 is 0 Å². The Labute approximate surface area is 173 Å². The molecule has 2 heterocycles. The largest absolute Gasteiger partial charge is 0.497 e. The molecule has 1 amide bonds. The fraction of sp³-hybridized carbons (Fsp3) is 0.174. The second-order valence-electron chi connectivity index (χ2n) is 6.65. The molecule has 4 rings (SSSR count). The highest BCUT2D eigenvalue weighted by Crippen LogP contribution is 2.33. The van der Waals surface area contributed by atoms with Crippen LogP contribution in [-0.2, 0) is 4.79 Å². The third-order valence-electron chi connectivity index (χ3n) is 4.82. The topological polar surface area (TPSA) is 88.1 Å². The van der Waals surface area contributed by atoms with E-state index in [1.165, 1.54) is 5.01 Å². The summed E-state index contributed by atoms with van der Waals surface area (Å²) in [6, 6.07) is 19.6. The van der Waals surface area contributed by atoms with Gasteiger partial charge in [0.25, 0.3) is 5.91 Å². The monoisotopic (exact) mass is 401 g/mol. The molecular formula is C23H19N3O4. The fourth-order valence-corrected chi connectivity index (χ4v) is 3.29.